The minimum atomic E-state index is -0.690. The highest BCUT2D eigenvalue weighted by molar-refractivity contribution is 6.29. The molecule has 0 spiro atoms. The Balaban J connectivity index is 2.49. The molecule has 1 atom stereocenters. The minimum Gasteiger partial charge on any atom is -0.383 e. The Labute approximate surface area is 115 Å². The van der Waals surface area contributed by atoms with Crippen LogP contribution in [0.4, 0.5) is 0 Å². The lowest BCUT2D eigenvalue weighted by atomic mass is 10.3. The molecule has 0 bridgehead atoms. The van der Waals surface area contributed by atoms with Crippen LogP contribution >= 0.6 is 11.6 Å². The molecule has 0 aliphatic rings. The Hall–Kier alpha value is -1.73. The molecule has 2 N–H and O–H groups in total. The Morgan fingerprint density at radius 3 is 2.84 bits per heavy atom. The summed E-state index contributed by atoms with van der Waals surface area (Å²) in [6, 6.07) is -0.690. The summed E-state index contributed by atoms with van der Waals surface area (Å²) >= 11 is 5.63. The zero-order valence-electron chi connectivity index (χ0n) is 10.6. The fourth-order valence-corrected chi connectivity index (χ4v) is 1.36. The van der Waals surface area contributed by atoms with Crippen LogP contribution in [-0.2, 0) is 9.53 Å². The molecule has 0 aromatic carbocycles. The van der Waals surface area contributed by atoms with Crippen molar-refractivity contribution in [2.45, 2.75) is 13.0 Å². The summed E-state index contributed by atoms with van der Waals surface area (Å²) in [7, 11) is 1.54. The van der Waals surface area contributed by atoms with Crippen LogP contribution in [0.3, 0.4) is 0 Å². The van der Waals surface area contributed by atoms with Gasteiger partial charge in [-0.15, -0.1) is 0 Å². The molecular formula is C11H15ClN4O3. The number of amides is 2. The molecule has 1 heterocycles. The second kappa shape index (κ2) is 7.65. The van der Waals surface area contributed by atoms with Crippen molar-refractivity contribution in [2.75, 3.05) is 20.3 Å². The number of hydrogen-bond donors (Lipinski definition) is 2. The predicted molar refractivity (Wildman–Crippen MR) is 68.9 cm³/mol. The van der Waals surface area contributed by atoms with Crippen molar-refractivity contribution in [3.8, 4) is 0 Å². The lowest BCUT2D eigenvalue weighted by Gasteiger charge is -2.13. The largest absolute Gasteiger partial charge is 0.383 e. The van der Waals surface area contributed by atoms with Gasteiger partial charge in [0.05, 0.1) is 19.0 Å². The number of ether oxygens (including phenoxy) is 1. The summed E-state index contributed by atoms with van der Waals surface area (Å²) < 4.78 is 4.80. The van der Waals surface area contributed by atoms with Gasteiger partial charge in [-0.1, -0.05) is 11.6 Å². The first-order valence-corrected chi connectivity index (χ1v) is 5.97. The third-order valence-corrected chi connectivity index (χ3v) is 2.37. The summed E-state index contributed by atoms with van der Waals surface area (Å²) in [5.74, 6) is -0.815. The third-order valence-electron chi connectivity index (χ3n) is 2.18. The topological polar surface area (TPSA) is 93.2 Å². The number of hydrogen-bond acceptors (Lipinski definition) is 5. The summed E-state index contributed by atoms with van der Waals surface area (Å²) in [4.78, 5) is 30.9. The van der Waals surface area contributed by atoms with Crippen LogP contribution in [0.25, 0.3) is 0 Å². The van der Waals surface area contributed by atoms with Crippen molar-refractivity contribution in [1.82, 2.24) is 20.6 Å². The van der Waals surface area contributed by atoms with Crippen LogP contribution in [-0.4, -0.2) is 48.1 Å². The van der Waals surface area contributed by atoms with Gasteiger partial charge in [0.25, 0.3) is 5.91 Å². The van der Waals surface area contributed by atoms with E-state index >= 15 is 0 Å². The van der Waals surface area contributed by atoms with E-state index in [2.05, 4.69) is 20.6 Å². The van der Waals surface area contributed by atoms with E-state index in [0.29, 0.717) is 13.2 Å². The molecular weight excluding hydrogens is 272 g/mol. The van der Waals surface area contributed by atoms with E-state index in [0.717, 1.165) is 0 Å². The van der Waals surface area contributed by atoms with E-state index in [9.17, 15) is 9.59 Å². The van der Waals surface area contributed by atoms with Gasteiger partial charge >= 0.3 is 0 Å². The number of nitrogens with zero attached hydrogens (tertiary/aromatic N) is 2. The molecule has 0 radical (unpaired) electrons. The van der Waals surface area contributed by atoms with Gasteiger partial charge in [0.2, 0.25) is 5.91 Å². The Morgan fingerprint density at radius 1 is 1.47 bits per heavy atom. The maximum Gasteiger partial charge on any atom is 0.272 e. The highest BCUT2D eigenvalue weighted by atomic mass is 35.5. The fourth-order valence-electron chi connectivity index (χ4n) is 1.22. The molecule has 8 heteroatoms. The van der Waals surface area contributed by atoms with Crippen LogP contribution in [0.2, 0.25) is 5.15 Å². The van der Waals surface area contributed by atoms with Crippen molar-refractivity contribution in [3.63, 3.8) is 0 Å². The van der Waals surface area contributed by atoms with E-state index in [1.807, 2.05) is 0 Å². The standard InChI is InChI=1S/C11H15ClN4O3/c1-7(10(17)14-3-4-19-2)15-11(18)8-5-13-6-9(12)16-8/h5-7H,3-4H2,1-2H3,(H,14,17)(H,15,18). The molecule has 1 unspecified atom stereocenters. The molecule has 0 saturated heterocycles. The average Bonchev–Trinajstić information content (AvgIpc) is 2.38. The Bertz CT molecular complexity index is 455. The number of carbonyl (C=O) groups excluding carboxylic acids is 2. The summed E-state index contributed by atoms with van der Waals surface area (Å²) in [5, 5.41) is 5.22. The Kier molecular flexibility index (Phi) is 6.17. The maximum atomic E-state index is 11.8. The zero-order valence-corrected chi connectivity index (χ0v) is 11.4. The molecule has 0 aliphatic heterocycles. The number of aromatic nitrogens is 2. The van der Waals surface area contributed by atoms with Gasteiger partial charge in [-0.25, -0.2) is 4.98 Å². The van der Waals surface area contributed by atoms with E-state index in [1.165, 1.54) is 19.5 Å². The molecule has 104 valence electrons. The average molecular weight is 287 g/mol. The van der Waals surface area contributed by atoms with Crippen LogP contribution in [0.15, 0.2) is 12.4 Å². The number of rotatable bonds is 6. The molecule has 7 nitrogen and oxygen atoms in total. The lowest BCUT2D eigenvalue weighted by molar-refractivity contribution is -0.122. The van der Waals surface area contributed by atoms with Crippen molar-refractivity contribution in [1.29, 1.82) is 0 Å². The number of nitrogens with one attached hydrogen (secondary N) is 2. The Morgan fingerprint density at radius 2 is 2.21 bits per heavy atom. The minimum absolute atomic E-state index is 0.0593. The van der Waals surface area contributed by atoms with Crippen molar-refractivity contribution in [2.24, 2.45) is 0 Å². The number of methoxy groups -OCH3 is 1. The van der Waals surface area contributed by atoms with Crippen molar-refractivity contribution < 1.29 is 14.3 Å². The van der Waals surface area contributed by atoms with Gasteiger partial charge in [0, 0.05) is 13.7 Å². The molecule has 1 aromatic rings. The molecule has 2 amide bonds. The predicted octanol–water partition coefficient (Wildman–Crippen LogP) is 0.0109. The molecule has 19 heavy (non-hydrogen) atoms. The number of carbonyl (C=O) groups is 2. The first-order chi connectivity index (χ1) is 9.04. The number of halogens is 1. The van der Waals surface area contributed by atoms with Gasteiger partial charge in [-0.05, 0) is 6.92 Å². The second-order valence-electron chi connectivity index (χ2n) is 3.71. The van der Waals surface area contributed by atoms with E-state index in [-0.39, 0.29) is 16.8 Å². The van der Waals surface area contributed by atoms with E-state index < -0.39 is 11.9 Å². The third kappa shape index (κ3) is 5.19. The fraction of sp³-hybridized carbons (Fsp3) is 0.455. The molecule has 0 fully saturated rings. The second-order valence-corrected chi connectivity index (χ2v) is 4.09. The van der Waals surface area contributed by atoms with Crippen molar-refractivity contribution in [3.05, 3.63) is 23.2 Å². The molecule has 0 saturated carbocycles. The van der Waals surface area contributed by atoms with Crippen LogP contribution in [0.1, 0.15) is 17.4 Å². The van der Waals surface area contributed by atoms with Gasteiger partial charge in [0.15, 0.2) is 0 Å². The monoisotopic (exact) mass is 286 g/mol. The molecule has 1 aromatic heterocycles. The van der Waals surface area contributed by atoms with Crippen LogP contribution in [0.5, 0.6) is 0 Å². The van der Waals surface area contributed by atoms with Gasteiger partial charge in [0.1, 0.15) is 16.9 Å². The van der Waals surface area contributed by atoms with Gasteiger partial charge in [-0.3, -0.25) is 14.6 Å². The van der Waals surface area contributed by atoms with E-state index in [1.54, 1.807) is 6.92 Å². The lowest BCUT2D eigenvalue weighted by Crippen LogP contribution is -2.45. The van der Waals surface area contributed by atoms with E-state index in [4.69, 9.17) is 16.3 Å². The quantitative estimate of drug-likeness (QED) is 0.719. The first-order valence-electron chi connectivity index (χ1n) is 5.59. The smallest absolute Gasteiger partial charge is 0.272 e. The summed E-state index contributed by atoms with van der Waals surface area (Å²) in [6.45, 7) is 2.36. The normalized spacial score (nSPS) is 11.7. The first kappa shape index (κ1) is 15.3. The maximum absolute atomic E-state index is 11.8. The van der Waals surface area contributed by atoms with Crippen LogP contribution < -0.4 is 10.6 Å². The van der Waals surface area contributed by atoms with Gasteiger partial charge < -0.3 is 15.4 Å². The van der Waals surface area contributed by atoms with Crippen molar-refractivity contribution >= 4 is 23.4 Å². The molecule has 0 aliphatic carbocycles. The summed E-state index contributed by atoms with van der Waals surface area (Å²) in [5.41, 5.74) is 0.0593. The highest BCUT2D eigenvalue weighted by Gasteiger charge is 2.17. The van der Waals surface area contributed by atoms with Gasteiger partial charge in [-0.2, -0.15) is 0 Å². The van der Waals surface area contributed by atoms with Crippen LogP contribution in [0, 0.1) is 0 Å². The zero-order chi connectivity index (χ0) is 14.3. The SMILES string of the molecule is COCCNC(=O)C(C)NC(=O)c1cncc(Cl)n1. The summed E-state index contributed by atoms with van der Waals surface area (Å²) in [6.07, 6.45) is 2.59. The highest BCUT2D eigenvalue weighted by Crippen LogP contribution is 2.02. The molecule has 1 rings (SSSR count).